The third-order valence-corrected chi connectivity index (χ3v) is 4.52. The van der Waals surface area contributed by atoms with Gasteiger partial charge in [-0.2, -0.15) is 0 Å². The summed E-state index contributed by atoms with van der Waals surface area (Å²) in [5.41, 5.74) is -1.06. The van der Waals surface area contributed by atoms with Gasteiger partial charge in [0.25, 0.3) is 0 Å². The van der Waals surface area contributed by atoms with E-state index in [1.807, 2.05) is 20.8 Å². The standard InChI is InChI=1S/C19H38N2O4/c1-18(2,3)25-17(22)20-13-9-10-16(14-24-4)21-15-19(23)11-7-5-6-8-12-19/h16,21,23H,5-15H2,1-4H3,(H,20,22). The average Bonchev–Trinajstić information content (AvgIpc) is 2.72. The minimum Gasteiger partial charge on any atom is -0.444 e. The smallest absolute Gasteiger partial charge is 0.407 e. The van der Waals surface area contributed by atoms with E-state index in [4.69, 9.17) is 9.47 Å². The molecule has 1 rings (SSSR count). The molecule has 1 aliphatic rings. The summed E-state index contributed by atoms with van der Waals surface area (Å²) < 4.78 is 10.5. The van der Waals surface area contributed by atoms with Gasteiger partial charge in [0.1, 0.15) is 5.60 Å². The van der Waals surface area contributed by atoms with E-state index in [0.29, 0.717) is 19.7 Å². The Hall–Kier alpha value is -0.850. The fourth-order valence-electron chi connectivity index (χ4n) is 3.20. The normalized spacial score (nSPS) is 19.1. The predicted molar refractivity (Wildman–Crippen MR) is 99.8 cm³/mol. The van der Waals surface area contributed by atoms with Crippen LogP contribution >= 0.6 is 0 Å². The summed E-state index contributed by atoms with van der Waals surface area (Å²) in [7, 11) is 1.69. The maximum atomic E-state index is 11.6. The van der Waals surface area contributed by atoms with Crippen LogP contribution < -0.4 is 10.6 Å². The third-order valence-electron chi connectivity index (χ3n) is 4.52. The Morgan fingerprint density at radius 3 is 2.40 bits per heavy atom. The lowest BCUT2D eigenvalue weighted by Crippen LogP contribution is -2.46. The number of hydrogen-bond donors (Lipinski definition) is 3. The Labute approximate surface area is 153 Å². The Bertz CT molecular complexity index is 374. The van der Waals surface area contributed by atoms with Gasteiger partial charge in [0, 0.05) is 26.2 Å². The van der Waals surface area contributed by atoms with Crippen molar-refractivity contribution < 1.29 is 19.4 Å². The number of amides is 1. The molecular weight excluding hydrogens is 320 g/mol. The first kappa shape index (κ1) is 22.2. The number of carbonyl (C=O) groups is 1. The molecule has 3 N–H and O–H groups in total. The highest BCUT2D eigenvalue weighted by Crippen LogP contribution is 2.26. The Morgan fingerprint density at radius 1 is 1.20 bits per heavy atom. The zero-order chi connectivity index (χ0) is 18.8. The van der Waals surface area contributed by atoms with Gasteiger partial charge in [-0.25, -0.2) is 4.79 Å². The van der Waals surface area contributed by atoms with Gasteiger partial charge in [-0.3, -0.25) is 0 Å². The molecule has 0 bridgehead atoms. The van der Waals surface area contributed by atoms with E-state index in [9.17, 15) is 9.90 Å². The van der Waals surface area contributed by atoms with Crippen LogP contribution in [-0.4, -0.2) is 55.2 Å². The van der Waals surface area contributed by atoms with E-state index in [1.54, 1.807) is 7.11 Å². The van der Waals surface area contributed by atoms with Crippen LogP contribution in [-0.2, 0) is 9.47 Å². The zero-order valence-electron chi connectivity index (χ0n) is 16.5. The van der Waals surface area contributed by atoms with Crippen LogP contribution in [0.2, 0.25) is 0 Å². The molecule has 1 fully saturated rings. The SMILES string of the molecule is COCC(CCCNC(=O)OC(C)(C)C)NCC1(O)CCCCCC1. The van der Waals surface area contributed by atoms with Gasteiger partial charge < -0.3 is 25.2 Å². The van der Waals surface area contributed by atoms with Crippen molar-refractivity contribution in [2.24, 2.45) is 0 Å². The monoisotopic (exact) mass is 358 g/mol. The molecule has 6 nitrogen and oxygen atoms in total. The molecule has 25 heavy (non-hydrogen) atoms. The molecule has 0 saturated heterocycles. The summed E-state index contributed by atoms with van der Waals surface area (Å²) in [4.78, 5) is 11.6. The Kier molecular flexibility index (Phi) is 9.75. The third kappa shape index (κ3) is 10.7. The van der Waals surface area contributed by atoms with Crippen LogP contribution in [0.4, 0.5) is 4.79 Å². The highest BCUT2D eigenvalue weighted by molar-refractivity contribution is 5.67. The first-order valence-electron chi connectivity index (χ1n) is 9.66. The number of rotatable bonds is 9. The van der Waals surface area contributed by atoms with E-state index < -0.39 is 11.2 Å². The van der Waals surface area contributed by atoms with Crippen molar-refractivity contribution in [2.45, 2.75) is 89.4 Å². The molecule has 0 radical (unpaired) electrons. The number of carbonyl (C=O) groups excluding carboxylic acids is 1. The molecule has 1 atom stereocenters. The van der Waals surface area contributed by atoms with Gasteiger partial charge in [-0.1, -0.05) is 25.7 Å². The molecule has 0 spiro atoms. The molecule has 6 heteroatoms. The van der Waals surface area contributed by atoms with Gasteiger partial charge in [0.2, 0.25) is 0 Å². The number of alkyl carbamates (subject to hydrolysis) is 1. The first-order valence-corrected chi connectivity index (χ1v) is 9.66. The molecule has 1 aliphatic carbocycles. The maximum Gasteiger partial charge on any atom is 0.407 e. The first-order chi connectivity index (χ1) is 11.7. The van der Waals surface area contributed by atoms with E-state index in [2.05, 4.69) is 10.6 Å². The number of methoxy groups -OCH3 is 1. The van der Waals surface area contributed by atoms with E-state index in [-0.39, 0.29) is 12.1 Å². The summed E-state index contributed by atoms with van der Waals surface area (Å²) in [5, 5.41) is 17.0. The highest BCUT2D eigenvalue weighted by atomic mass is 16.6. The number of hydrogen-bond acceptors (Lipinski definition) is 5. The van der Waals surface area contributed by atoms with Gasteiger partial charge in [0.15, 0.2) is 0 Å². The average molecular weight is 359 g/mol. The lowest BCUT2D eigenvalue weighted by molar-refractivity contribution is 0.0191. The fraction of sp³-hybridized carbons (Fsp3) is 0.947. The molecule has 0 aliphatic heterocycles. The van der Waals surface area contributed by atoms with Crippen LogP contribution in [0.1, 0.15) is 72.1 Å². The van der Waals surface area contributed by atoms with Crippen molar-refractivity contribution in [3.05, 3.63) is 0 Å². The second-order valence-corrected chi connectivity index (χ2v) is 8.24. The van der Waals surface area contributed by atoms with E-state index in [1.165, 1.54) is 12.8 Å². The molecule has 0 heterocycles. The molecule has 0 aromatic heterocycles. The van der Waals surface area contributed by atoms with Crippen LogP contribution in [0.5, 0.6) is 0 Å². The van der Waals surface area contributed by atoms with Gasteiger partial charge in [-0.05, 0) is 46.5 Å². The molecule has 1 unspecified atom stereocenters. The minimum absolute atomic E-state index is 0.178. The predicted octanol–water partition coefficient (Wildman–Crippen LogP) is 2.98. The van der Waals surface area contributed by atoms with E-state index in [0.717, 1.165) is 38.5 Å². The topological polar surface area (TPSA) is 79.8 Å². The quantitative estimate of drug-likeness (QED) is 0.436. The largest absolute Gasteiger partial charge is 0.444 e. The molecule has 148 valence electrons. The van der Waals surface area contributed by atoms with Crippen LogP contribution in [0, 0.1) is 0 Å². The van der Waals surface area contributed by atoms with Crippen molar-refractivity contribution >= 4 is 6.09 Å². The summed E-state index contributed by atoms with van der Waals surface area (Å²) in [6.45, 7) is 7.33. The van der Waals surface area contributed by atoms with Crippen LogP contribution in [0.25, 0.3) is 0 Å². The van der Waals surface area contributed by atoms with Gasteiger partial charge in [-0.15, -0.1) is 0 Å². The summed E-state index contributed by atoms with van der Waals surface area (Å²) >= 11 is 0. The lowest BCUT2D eigenvalue weighted by Gasteiger charge is -2.29. The van der Waals surface area contributed by atoms with Gasteiger partial charge in [0.05, 0.1) is 12.2 Å². The summed E-state index contributed by atoms with van der Waals surface area (Å²) in [6.07, 6.45) is 7.73. The maximum absolute atomic E-state index is 11.6. The Balaban J connectivity index is 2.28. The fourth-order valence-corrected chi connectivity index (χ4v) is 3.20. The van der Waals surface area contributed by atoms with Crippen molar-refractivity contribution in [1.29, 1.82) is 0 Å². The molecular formula is C19H38N2O4. The second-order valence-electron chi connectivity index (χ2n) is 8.24. The minimum atomic E-state index is -0.586. The second kappa shape index (κ2) is 11.0. The summed E-state index contributed by atoms with van der Waals surface area (Å²) in [6, 6.07) is 0.178. The summed E-state index contributed by atoms with van der Waals surface area (Å²) in [5.74, 6) is 0. The Morgan fingerprint density at radius 2 is 1.84 bits per heavy atom. The van der Waals surface area contributed by atoms with Crippen molar-refractivity contribution in [3.63, 3.8) is 0 Å². The molecule has 1 saturated carbocycles. The van der Waals surface area contributed by atoms with Crippen LogP contribution in [0.15, 0.2) is 0 Å². The molecule has 0 aromatic carbocycles. The highest BCUT2D eigenvalue weighted by Gasteiger charge is 2.28. The zero-order valence-corrected chi connectivity index (χ0v) is 16.5. The van der Waals surface area contributed by atoms with Crippen molar-refractivity contribution in [1.82, 2.24) is 10.6 Å². The number of aliphatic hydroxyl groups is 1. The van der Waals surface area contributed by atoms with Crippen LogP contribution in [0.3, 0.4) is 0 Å². The number of ether oxygens (including phenoxy) is 2. The van der Waals surface area contributed by atoms with Crippen molar-refractivity contribution in [2.75, 3.05) is 26.8 Å². The van der Waals surface area contributed by atoms with E-state index >= 15 is 0 Å². The lowest BCUT2D eigenvalue weighted by atomic mass is 9.94. The number of nitrogens with one attached hydrogen (secondary N) is 2. The van der Waals surface area contributed by atoms with Gasteiger partial charge >= 0.3 is 6.09 Å². The van der Waals surface area contributed by atoms with Crippen molar-refractivity contribution in [3.8, 4) is 0 Å². The molecule has 0 aromatic rings. The molecule has 1 amide bonds.